The van der Waals surface area contributed by atoms with Gasteiger partial charge in [-0.3, -0.25) is 0 Å². The summed E-state index contributed by atoms with van der Waals surface area (Å²) in [5, 5.41) is 6.07. The van der Waals surface area contributed by atoms with Crippen LogP contribution in [0.15, 0.2) is 31.0 Å². The lowest BCUT2D eigenvalue weighted by atomic mass is 9.79. The third kappa shape index (κ3) is 5.52. The topological polar surface area (TPSA) is 72.5 Å². The number of hydrogen-bond donors (Lipinski definition) is 2. The van der Waals surface area contributed by atoms with Gasteiger partial charge in [0.25, 0.3) is 0 Å². The van der Waals surface area contributed by atoms with Crippen LogP contribution >= 0.6 is 0 Å². The number of piperidine rings is 1. The van der Waals surface area contributed by atoms with Crippen LogP contribution in [0.3, 0.4) is 0 Å². The van der Waals surface area contributed by atoms with Crippen LogP contribution in [0.4, 0.5) is 9.18 Å². The summed E-state index contributed by atoms with van der Waals surface area (Å²) in [7, 11) is 0. The van der Waals surface area contributed by atoms with Gasteiger partial charge < -0.3 is 20.1 Å². The average molecular weight is 323 g/mol. The van der Waals surface area contributed by atoms with Crippen molar-refractivity contribution >= 4 is 6.09 Å². The van der Waals surface area contributed by atoms with Crippen molar-refractivity contribution in [2.24, 2.45) is 5.41 Å². The summed E-state index contributed by atoms with van der Waals surface area (Å²) >= 11 is 0. The molecule has 1 aromatic rings. The Labute approximate surface area is 135 Å². The summed E-state index contributed by atoms with van der Waals surface area (Å²) in [5.41, 5.74) is -0.200. The van der Waals surface area contributed by atoms with Crippen molar-refractivity contribution < 1.29 is 18.7 Å². The number of hydrogen-bond acceptors (Lipinski definition) is 5. The molecule has 1 aliphatic heterocycles. The van der Waals surface area contributed by atoms with Crippen LogP contribution in [0.25, 0.3) is 0 Å². The Morgan fingerprint density at radius 1 is 1.48 bits per heavy atom. The normalized spacial score (nSPS) is 16.4. The lowest BCUT2D eigenvalue weighted by Crippen LogP contribution is -2.48. The third-order valence-electron chi connectivity index (χ3n) is 3.83. The molecule has 0 saturated carbocycles. The van der Waals surface area contributed by atoms with E-state index in [2.05, 4.69) is 22.2 Å². The zero-order valence-electron chi connectivity index (χ0n) is 13.0. The molecule has 0 aromatic carbocycles. The Balaban J connectivity index is 1.90. The quantitative estimate of drug-likeness (QED) is 0.750. The molecule has 0 radical (unpaired) electrons. The summed E-state index contributed by atoms with van der Waals surface area (Å²) in [5.74, 6) is -0.0286. The van der Waals surface area contributed by atoms with Crippen LogP contribution in [0.5, 0.6) is 5.88 Å². The number of pyridine rings is 1. The second-order valence-corrected chi connectivity index (χ2v) is 5.59. The molecular weight excluding hydrogens is 301 g/mol. The molecule has 0 unspecified atom stereocenters. The van der Waals surface area contributed by atoms with Gasteiger partial charge in [-0.05, 0) is 32.0 Å². The zero-order valence-corrected chi connectivity index (χ0v) is 13.0. The first-order chi connectivity index (χ1) is 11.1. The maximum Gasteiger partial charge on any atom is 0.407 e. The van der Waals surface area contributed by atoms with Gasteiger partial charge in [0.1, 0.15) is 12.4 Å². The number of amides is 1. The lowest BCUT2D eigenvalue weighted by molar-refractivity contribution is 0.0935. The third-order valence-corrected chi connectivity index (χ3v) is 3.83. The van der Waals surface area contributed by atoms with Gasteiger partial charge in [0.15, 0.2) is 0 Å². The highest BCUT2D eigenvalue weighted by Gasteiger charge is 2.33. The number of ether oxygens (including phenoxy) is 2. The van der Waals surface area contributed by atoms with Gasteiger partial charge >= 0.3 is 6.09 Å². The SMILES string of the molecule is C=CCOC(=O)NCC1(COc2ccc(F)cn2)CCNCC1. The largest absolute Gasteiger partial charge is 0.477 e. The van der Waals surface area contributed by atoms with Gasteiger partial charge in [-0.25, -0.2) is 14.2 Å². The van der Waals surface area contributed by atoms with E-state index in [1.165, 1.54) is 18.2 Å². The number of carbonyl (C=O) groups is 1. The fraction of sp³-hybridized carbons (Fsp3) is 0.500. The van der Waals surface area contributed by atoms with Crippen molar-refractivity contribution in [3.8, 4) is 5.88 Å². The number of carbonyl (C=O) groups excluding carboxylic acids is 1. The van der Waals surface area contributed by atoms with Gasteiger partial charge in [-0.2, -0.15) is 0 Å². The average Bonchev–Trinajstić information content (AvgIpc) is 2.59. The molecule has 0 aliphatic carbocycles. The standard InChI is InChI=1S/C16H22FN3O3/c1-2-9-22-15(21)20-11-16(5-7-18-8-6-16)12-23-14-4-3-13(17)10-19-14/h2-4,10,18H,1,5-9,11-12H2,(H,20,21). The van der Waals surface area contributed by atoms with E-state index in [-0.39, 0.29) is 12.0 Å². The molecule has 2 rings (SSSR count). The smallest absolute Gasteiger partial charge is 0.407 e. The molecule has 0 atom stereocenters. The van der Waals surface area contributed by atoms with E-state index < -0.39 is 11.9 Å². The molecule has 1 aliphatic rings. The van der Waals surface area contributed by atoms with Crippen LogP contribution in [0.1, 0.15) is 12.8 Å². The van der Waals surface area contributed by atoms with Gasteiger partial charge in [-0.1, -0.05) is 12.7 Å². The fourth-order valence-corrected chi connectivity index (χ4v) is 2.45. The van der Waals surface area contributed by atoms with Crippen molar-refractivity contribution in [1.29, 1.82) is 0 Å². The molecule has 6 nitrogen and oxygen atoms in total. The maximum absolute atomic E-state index is 12.9. The first kappa shape index (κ1) is 17.2. The summed E-state index contributed by atoms with van der Waals surface area (Å²) in [6, 6.07) is 2.80. The molecule has 1 aromatic heterocycles. The van der Waals surface area contributed by atoms with E-state index in [9.17, 15) is 9.18 Å². The molecule has 1 amide bonds. The molecule has 23 heavy (non-hydrogen) atoms. The first-order valence-electron chi connectivity index (χ1n) is 7.60. The summed E-state index contributed by atoms with van der Waals surface area (Å²) in [6.07, 6.45) is 3.88. The van der Waals surface area contributed by atoms with Crippen LogP contribution in [0.2, 0.25) is 0 Å². The summed E-state index contributed by atoms with van der Waals surface area (Å²) in [4.78, 5) is 15.5. The molecular formula is C16H22FN3O3. The molecule has 0 bridgehead atoms. The number of nitrogens with zero attached hydrogens (tertiary/aromatic N) is 1. The van der Waals surface area contributed by atoms with E-state index in [4.69, 9.17) is 9.47 Å². The highest BCUT2D eigenvalue weighted by atomic mass is 19.1. The van der Waals surface area contributed by atoms with Gasteiger partial charge in [0.05, 0.1) is 12.8 Å². The molecule has 2 heterocycles. The molecule has 2 N–H and O–H groups in total. The second kappa shape index (κ2) is 8.47. The Morgan fingerprint density at radius 2 is 2.26 bits per heavy atom. The highest BCUT2D eigenvalue weighted by Crippen LogP contribution is 2.29. The zero-order chi connectivity index (χ0) is 16.5. The van der Waals surface area contributed by atoms with E-state index in [0.717, 1.165) is 32.1 Å². The Kier molecular flexibility index (Phi) is 6.34. The minimum Gasteiger partial charge on any atom is -0.477 e. The van der Waals surface area contributed by atoms with Crippen LogP contribution in [-0.2, 0) is 4.74 Å². The molecule has 1 saturated heterocycles. The van der Waals surface area contributed by atoms with Crippen molar-refractivity contribution in [2.45, 2.75) is 12.8 Å². The Bertz CT molecular complexity index is 516. The predicted octanol–water partition coefficient (Wildman–Crippen LogP) is 1.88. The van der Waals surface area contributed by atoms with Crippen LogP contribution in [-0.4, -0.2) is 43.9 Å². The predicted molar refractivity (Wildman–Crippen MR) is 83.8 cm³/mol. The van der Waals surface area contributed by atoms with Crippen molar-refractivity contribution in [3.63, 3.8) is 0 Å². The van der Waals surface area contributed by atoms with Gasteiger partial charge in [0.2, 0.25) is 5.88 Å². The number of halogens is 1. The molecule has 126 valence electrons. The molecule has 1 fully saturated rings. The minimum absolute atomic E-state index is 0.177. The van der Waals surface area contributed by atoms with Gasteiger partial charge in [0, 0.05) is 18.0 Å². The Morgan fingerprint density at radius 3 is 2.91 bits per heavy atom. The lowest BCUT2D eigenvalue weighted by Gasteiger charge is -2.37. The number of rotatable bonds is 7. The van der Waals surface area contributed by atoms with Crippen LogP contribution < -0.4 is 15.4 Å². The molecule has 0 spiro atoms. The van der Waals surface area contributed by atoms with Crippen LogP contribution in [0, 0.1) is 11.2 Å². The summed E-state index contributed by atoms with van der Waals surface area (Å²) < 4.78 is 23.5. The molecule has 7 heteroatoms. The second-order valence-electron chi connectivity index (χ2n) is 5.59. The van der Waals surface area contributed by atoms with Crippen molar-refractivity contribution in [3.05, 3.63) is 36.8 Å². The highest BCUT2D eigenvalue weighted by molar-refractivity contribution is 5.67. The minimum atomic E-state index is -0.470. The number of alkyl carbamates (subject to hydrolysis) is 1. The first-order valence-corrected chi connectivity index (χ1v) is 7.60. The van der Waals surface area contributed by atoms with Gasteiger partial charge in [-0.15, -0.1) is 0 Å². The fourth-order valence-electron chi connectivity index (χ4n) is 2.45. The van der Waals surface area contributed by atoms with E-state index in [0.29, 0.717) is 19.0 Å². The number of nitrogens with one attached hydrogen (secondary N) is 2. The van der Waals surface area contributed by atoms with E-state index in [1.54, 1.807) is 0 Å². The van der Waals surface area contributed by atoms with Crippen molar-refractivity contribution in [2.75, 3.05) is 32.8 Å². The Hall–Kier alpha value is -2.15. The van der Waals surface area contributed by atoms with E-state index >= 15 is 0 Å². The van der Waals surface area contributed by atoms with Crippen molar-refractivity contribution in [1.82, 2.24) is 15.6 Å². The number of aromatic nitrogens is 1. The summed E-state index contributed by atoms with van der Waals surface area (Å²) in [6.45, 7) is 6.23. The van der Waals surface area contributed by atoms with E-state index in [1.807, 2.05) is 0 Å². The monoisotopic (exact) mass is 323 g/mol. The maximum atomic E-state index is 12.9.